The van der Waals surface area contributed by atoms with Gasteiger partial charge in [0.15, 0.2) is 0 Å². The van der Waals surface area contributed by atoms with Crippen LogP contribution >= 0.6 is 11.3 Å². The van der Waals surface area contributed by atoms with E-state index in [0.29, 0.717) is 0 Å². The number of aromatic nitrogens is 1. The first kappa shape index (κ1) is 18.6. The molecular formula is C22H29N3OS. The third-order valence-corrected chi connectivity index (χ3v) is 7.09. The molecule has 27 heavy (non-hydrogen) atoms. The van der Waals surface area contributed by atoms with Crippen LogP contribution in [0, 0.1) is 0 Å². The largest absolute Gasteiger partial charge is 0.347 e. The number of nitrogens with one attached hydrogen (secondary N) is 1. The molecule has 0 unspecified atom stereocenters. The third kappa shape index (κ3) is 4.09. The van der Waals surface area contributed by atoms with Crippen molar-refractivity contribution in [2.45, 2.75) is 71.0 Å². The van der Waals surface area contributed by atoms with E-state index in [9.17, 15) is 4.79 Å². The van der Waals surface area contributed by atoms with E-state index in [2.05, 4.69) is 46.6 Å². The zero-order valence-electron chi connectivity index (χ0n) is 16.4. The van der Waals surface area contributed by atoms with Gasteiger partial charge in [0.05, 0.1) is 11.3 Å². The van der Waals surface area contributed by atoms with Gasteiger partial charge in [-0.15, -0.1) is 11.3 Å². The van der Waals surface area contributed by atoms with E-state index >= 15 is 0 Å². The van der Waals surface area contributed by atoms with Crippen LogP contribution in [0.1, 0.15) is 71.6 Å². The molecule has 1 amide bonds. The van der Waals surface area contributed by atoms with E-state index in [1.807, 2.05) is 6.20 Å². The standard InChI is InChI=1S/C22H29N3OS/c1-3-16-6-7-17(23-12-16)13-25-11-8-18-19(15-27-20(18)14-25)21(26)24-22(2)9-4-5-10-22/h6-7,12,15H,3-5,8-11,13-14H2,1-2H3,(H,24,26). The van der Waals surface area contributed by atoms with Crippen LogP contribution < -0.4 is 5.32 Å². The molecule has 2 aromatic rings. The van der Waals surface area contributed by atoms with Crippen molar-refractivity contribution >= 4 is 17.2 Å². The quantitative estimate of drug-likeness (QED) is 0.836. The molecular weight excluding hydrogens is 354 g/mol. The van der Waals surface area contributed by atoms with Gasteiger partial charge in [-0.2, -0.15) is 0 Å². The summed E-state index contributed by atoms with van der Waals surface area (Å²) >= 11 is 1.73. The Kier molecular flexibility index (Phi) is 5.33. The number of fused-ring (bicyclic) bond motifs is 1. The highest BCUT2D eigenvalue weighted by Gasteiger charge is 2.32. The third-order valence-electron chi connectivity index (χ3n) is 6.07. The average molecular weight is 384 g/mol. The molecule has 0 atom stereocenters. The molecule has 0 radical (unpaired) electrons. The van der Waals surface area contributed by atoms with Crippen LogP contribution in [-0.2, 0) is 25.9 Å². The summed E-state index contributed by atoms with van der Waals surface area (Å²) in [4.78, 5) is 21.2. The highest BCUT2D eigenvalue weighted by molar-refractivity contribution is 7.10. The fourth-order valence-electron chi connectivity index (χ4n) is 4.32. The van der Waals surface area contributed by atoms with Crippen molar-refractivity contribution in [2.24, 2.45) is 0 Å². The van der Waals surface area contributed by atoms with Gasteiger partial charge in [-0.25, -0.2) is 0 Å². The molecule has 1 N–H and O–H groups in total. The molecule has 144 valence electrons. The maximum absolute atomic E-state index is 12.8. The first-order valence-corrected chi connectivity index (χ1v) is 11.0. The number of thiophene rings is 1. The van der Waals surface area contributed by atoms with Crippen molar-refractivity contribution in [3.63, 3.8) is 0 Å². The minimum absolute atomic E-state index is 0.0110. The summed E-state index contributed by atoms with van der Waals surface area (Å²) in [7, 11) is 0. The molecule has 3 heterocycles. The minimum Gasteiger partial charge on any atom is -0.347 e. The van der Waals surface area contributed by atoms with Gasteiger partial charge in [0.1, 0.15) is 0 Å². The second-order valence-corrected chi connectivity index (χ2v) is 9.21. The fraction of sp³-hybridized carbons (Fsp3) is 0.545. The van der Waals surface area contributed by atoms with Crippen molar-refractivity contribution in [2.75, 3.05) is 6.54 Å². The molecule has 5 heteroatoms. The van der Waals surface area contributed by atoms with Crippen molar-refractivity contribution < 1.29 is 4.79 Å². The maximum atomic E-state index is 12.8. The van der Waals surface area contributed by atoms with E-state index in [1.54, 1.807) is 11.3 Å². The fourth-order valence-corrected chi connectivity index (χ4v) is 5.44. The number of pyridine rings is 1. The molecule has 4 rings (SSSR count). The molecule has 2 aliphatic rings. The van der Waals surface area contributed by atoms with Gasteiger partial charge in [-0.3, -0.25) is 14.7 Å². The Balaban J connectivity index is 1.41. The Morgan fingerprint density at radius 3 is 2.85 bits per heavy atom. The first-order chi connectivity index (χ1) is 13.1. The van der Waals surface area contributed by atoms with Gasteiger partial charge in [-0.05, 0) is 49.8 Å². The molecule has 1 fully saturated rings. The van der Waals surface area contributed by atoms with E-state index < -0.39 is 0 Å². The van der Waals surface area contributed by atoms with Crippen LogP contribution in [0.2, 0.25) is 0 Å². The van der Waals surface area contributed by atoms with Gasteiger partial charge in [0.25, 0.3) is 5.91 Å². The van der Waals surface area contributed by atoms with E-state index in [-0.39, 0.29) is 11.4 Å². The summed E-state index contributed by atoms with van der Waals surface area (Å²) in [5.41, 5.74) is 4.57. The number of amides is 1. The second-order valence-electron chi connectivity index (χ2n) is 8.24. The number of hydrogen-bond acceptors (Lipinski definition) is 4. The molecule has 0 saturated heterocycles. The molecule has 1 saturated carbocycles. The first-order valence-electron chi connectivity index (χ1n) is 10.1. The number of aryl methyl sites for hydroxylation is 1. The lowest BCUT2D eigenvalue weighted by Gasteiger charge is -2.28. The zero-order chi connectivity index (χ0) is 18.9. The average Bonchev–Trinajstić information content (AvgIpc) is 3.28. The van der Waals surface area contributed by atoms with Crippen molar-refractivity contribution in [1.29, 1.82) is 0 Å². The van der Waals surface area contributed by atoms with E-state index in [4.69, 9.17) is 0 Å². The van der Waals surface area contributed by atoms with Gasteiger partial charge in [0, 0.05) is 41.6 Å². The van der Waals surface area contributed by atoms with Crippen LogP contribution in [0.3, 0.4) is 0 Å². The molecule has 4 nitrogen and oxygen atoms in total. The van der Waals surface area contributed by atoms with Gasteiger partial charge >= 0.3 is 0 Å². The summed E-state index contributed by atoms with van der Waals surface area (Å²) in [6, 6.07) is 4.32. The smallest absolute Gasteiger partial charge is 0.252 e. The normalized spacial score (nSPS) is 19.0. The Hall–Kier alpha value is -1.72. The second kappa shape index (κ2) is 7.72. The number of nitrogens with zero attached hydrogens (tertiary/aromatic N) is 2. The monoisotopic (exact) mass is 383 g/mol. The molecule has 0 spiro atoms. The summed E-state index contributed by atoms with van der Waals surface area (Å²) in [5.74, 6) is 0.127. The van der Waals surface area contributed by atoms with E-state index in [1.165, 1.54) is 28.8 Å². The molecule has 0 bridgehead atoms. The summed E-state index contributed by atoms with van der Waals surface area (Å²) < 4.78 is 0. The van der Waals surface area contributed by atoms with Gasteiger partial charge in [-0.1, -0.05) is 25.8 Å². The van der Waals surface area contributed by atoms with Crippen molar-refractivity contribution in [3.05, 3.63) is 51.0 Å². The number of carbonyl (C=O) groups is 1. The van der Waals surface area contributed by atoms with Crippen LogP contribution in [0.5, 0.6) is 0 Å². The Labute approximate surface area is 166 Å². The Bertz CT molecular complexity index is 805. The predicted molar refractivity (Wildman–Crippen MR) is 110 cm³/mol. The van der Waals surface area contributed by atoms with Crippen LogP contribution in [0.25, 0.3) is 0 Å². The number of carbonyl (C=O) groups excluding carboxylic acids is 1. The molecule has 1 aliphatic carbocycles. The minimum atomic E-state index is -0.0110. The van der Waals surface area contributed by atoms with Crippen LogP contribution in [0.4, 0.5) is 0 Å². The molecule has 0 aromatic carbocycles. The van der Waals surface area contributed by atoms with Gasteiger partial charge in [0.2, 0.25) is 0 Å². The lowest BCUT2D eigenvalue weighted by molar-refractivity contribution is 0.0906. The highest BCUT2D eigenvalue weighted by atomic mass is 32.1. The number of hydrogen-bond donors (Lipinski definition) is 1. The van der Waals surface area contributed by atoms with Crippen molar-refractivity contribution in [3.8, 4) is 0 Å². The Morgan fingerprint density at radius 2 is 2.15 bits per heavy atom. The lowest BCUT2D eigenvalue weighted by atomic mass is 9.98. The highest BCUT2D eigenvalue weighted by Crippen LogP contribution is 2.32. The maximum Gasteiger partial charge on any atom is 0.252 e. The summed E-state index contributed by atoms with van der Waals surface area (Å²) in [6.45, 7) is 7.12. The predicted octanol–water partition coefficient (Wildman–Crippen LogP) is 4.33. The zero-order valence-corrected chi connectivity index (χ0v) is 17.2. The van der Waals surface area contributed by atoms with Crippen molar-refractivity contribution in [1.82, 2.24) is 15.2 Å². The molecule has 2 aromatic heterocycles. The van der Waals surface area contributed by atoms with Gasteiger partial charge < -0.3 is 5.32 Å². The van der Waals surface area contributed by atoms with E-state index in [0.717, 1.165) is 56.6 Å². The Morgan fingerprint density at radius 1 is 1.33 bits per heavy atom. The lowest BCUT2D eigenvalue weighted by Crippen LogP contribution is -2.44. The molecule has 1 aliphatic heterocycles. The number of rotatable bonds is 5. The summed E-state index contributed by atoms with van der Waals surface area (Å²) in [5, 5.41) is 5.38. The topological polar surface area (TPSA) is 45.2 Å². The van der Waals surface area contributed by atoms with Crippen LogP contribution in [-0.4, -0.2) is 27.9 Å². The SMILES string of the molecule is CCc1ccc(CN2CCc3c(C(=O)NC4(C)CCCC4)csc3C2)nc1. The van der Waals surface area contributed by atoms with Crippen LogP contribution in [0.15, 0.2) is 23.7 Å². The summed E-state index contributed by atoms with van der Waals surface area (Å²) in [6.07, 6.45) is 8.61.